The van der Waals surface area contributed by atoms with Gasteiger partial charge in [0.1, 0.15) is 5.60 Å². The van der Waals surface area contributed by atoms with Crippen LogP contribution in [0, 0.1) is 17.2 Å². The van der Waals surface area contributed by atoms with Crippen LogP contribution in [-0.2, 0) is 4.74 Å². The Hall–Kier alpha value is -1.90. The lowest BCUT2D eigenvalue weighted by molar-refractivity contribution is -0.142. The Bertz CT molecular complexity index is 661. The quantitative estimate of drug-likeness (QED) is 0.902. The number of hydrogen-bond acceptors (Lipinski definition) is 4. The summed E-state index contributed by atoms with van der Waals surface area (Å²) < 4.78 is 6.30. The summed E-state index contributed by atoms with van der Waals surface area (Å²) in [6, 6.07) is 8.93. The fourth-order valence-electron chi connectivity index (χ4n) is 4.27. The number of morpholine rings is 1. The summed E-state index contributed by atoms with van der Waals surface area (Å²) in [4.78, 5) is 15.2. The normalized spacial score (nSPS) is 26.6. The number of carbonyl (C=O) groups is 1. The molecule has 26 heavy (non-hydrogen) atoms. The molecule has 0 unspecified atom stereocenters. The van der Waals surface area contributed by atoms with Crippen molar-refractivity contribution in [3.8, 4) is 6.07 Å². The molecular formula is C21H29N3O2. The predicted molar refractivity (Wildman–Crippen MR) is 101 cm³/mol. The van der Waals surface area contributed by atoms with Gasteiger partial charge in [-0.2, -0.15) is 5.26 Å². The number of nitrogens with zero attached hydrogens (tertiary/aromatic N) is 2. The van der Waals surface area contributed by atoms with Crippen LogP contribution >= 0.6 is 0 Å². The standard InChI is InChI=1S/C21H29N3O2/c1-16(2)14-24-11-12-26-21(15-24)10-4-3-5-19(21)23-20(25)18-8-6-17(13-22)7-9-18/h6-9,16,19H,3-5,10-12,14-15H2,1-2H3,(H,23,25)/t19-,21-/m0/s1. The monoisotopic (exact) mass is 355 g/mol. The lowest BCUT2D eigenvalue weighted by Crippen LogP contribution is -2.64. The van der Waals surface area contributed by atoms with E-state index in [4.69, 9.17) is 10.00 Å². The van der Waals surface area contributed by atoms with Gasteiger partial charge in [-0.05, 0) is 43.0 Å². The lowest BCUT2D eigenvalue weighted by Gasteiger charge is -2.50. The molecule has 2 aliphatic rings. The predicted octanol–water partition coefficient (Wildman–Crippen LogP) is 2.96. The van der Waals surface area contributed by atoms with Gasteiger partial charge in [0, 0.05) is 25.2 Å². The fourth-order valence-corrected chi connectivity index (χ4v) is 4.27. The van der Waals surface area contributed by atoms with E-state index in [0.717, 1.165) is 51.9 Å². The van der Waals surface area contributed by atoms with Crippen LogP contribution in [0.15, 0.2) is 24.3 Å². The third-order valence-corrected chi connectivity index (χ3v) is 5.47. The van der Waals surface area contributed by atoms with Gasteiger partial charge >= 0.3 is 0 Å². The van der Waals surface area contributed by atoms with E-state index in [0.29, 0.717) is 17.0 Å². The smallest absolute Gasteiger partial charge is 0.251 e. The Morgan fingerprint density at radius 1 is 1.38 bits per heavy atom. The van der Waals surface area contributed by atoms with E-state index in [-0.39, 0.29) is 17.6 Å². The van der Waals surface area contributed by atoms with Crippen LogP contribution in [-0.4, -0.2) is 48.7 Å². The van der Waals surface area contributed by atoms with Gasteiger partial charge in [-0.25, -0.2) is 0 Å². The van der Waals surface area contributed by atoms with Crippen molar-refractivity contribution in [1.29, 1.82) is 5.26 Å². The third kappa shape index (κ3) is 4.25. The van der Waals surface area contributed by atoms with Crippen LogP contribution in [0.1, 0.15) is 55.5 Å². The van der Waals surface area contributed by atoms with Crippen LogP contribution < -0.4 is 5.32 Å². The SMILES string of the molecule is CC(C)CN1CCO[C@@]2(CCCC[C@@H]2NC(=O)c2ccc(C#N)cc2)C1. The molecule has 1 N–H and O–H groups in total. The van der Waals surface area contributed by atoms with Crippen molar-refractivity contribution >= 4 is 5.91 Å². The second-order valence-electron chi connectivity index (χ2n) is 8.00. The van der Waals surface area contributed by atoms with E-state index in [1.54, 1.807) is 24.3 Å². The summed E-state index contributed by atoms with van der Waals surface area (Å²) in [5.41, 5.74) is 0.892. The first-order valence-electron chi connectivity index (χ1n) is 9.70. The maximum absolute atomic E-state index is 12.7. The minimum Gasteiger partial charge on any atom is -0.370 e. The molecule has 2 atom stereocenters. The molecule has 1 aromatic carbocycles. The number of nitrogens with one attached hydrogen (secondary N) is 1. The topological polar surface area (TPSA) is 65.4 Å². The van der Waals surface area contributed by atoms with Crippen LogP contribution in [0.4, 0.5) is 0 Å². The van der Waals surface area contributed by atoms with Gasteiger partial charge in [0.2, 0.25) is 0 Å². The zero-order valence-corrected chi connectivity index (χ0v) is 15.8. The number of rotatable bonds is 4. The van der Waals surface area contributed by atoms with Gasteiger partial charge in [-0.1, -0.05) is 26.7 Å². The van der Waals surface area contributed by atoms with E-state index in [1.165, 1.54) is 0 Å². The van der Waals surface area contributed by atoms with Gasteiger partial charge in [-0.3, -0.25) is 9.69 Å². The van der Waals surface area contributed by atoms with Gasteiger partial charge in [0.15, 0.2) is 0 Å². The highest BCUT2D eigenvalue weighted by Gasteiger charge is 2.45. The van der Waals surface area contributed by atoms with Crippen LogP contribution in [0.3, 0.4) is 0 Å². The molecule has 1 aliphatic carbocycles. The number of benzene rings is 1. The van der Waals surface area contributed by atoms with Gasteiger partial charge < -0.3 is 10.1 Å². The summed E-state index contributed by atoms with van der Waals surface area (Å²) in [7, 11) is 0. The molecule has 1 amide bonds. The molecule has 1 aliphatic heterocycles. The molecule has 1 saturated carbocycles. The molecule has 1 aromatic rings. The number of nitriles is 1. The van der Waals surface area contributed by atoms with Crippen molar-refractivity contribution in [2.75, 3.05) is 26.2 Å². The molecule has 140 valence electrons. The Balaban J connectivity index is 1.71. The van der Waals surface area contributed by atoms with Crippen LogP contribution in [0.5, 0.6) is 0 Å². The number of ether oxygens (including phenoxy) is 1. The van der Waals surface area contributed by atoms with Crippen molar-refractivity contribution < 1.29 is 9.53 Å². The van der Waals surface area contributed by atoms with E-state index >= 15 is 0 Å². The van der Waals surface area contributed by atoms with Gasteiger partial charge in [0.05, 0.1) is 24.3 Å². The maximum atomic E-state index is 12.7. The summed E-state index contributed by atoms with van der Waals surface area (Å²) >= 11 is 0. The Morgan fingerprint density at radius 3 is 2.85 bits per heavy atom. The minimum atomic E-state index is -0.270. The van der Waals surface area contributed by atoms with E-state index < -0.39 is 0 Å². The fraction of sp³-hybridized carbons (Fsp3) is 0.619. The maximum Gasteiger partial charge on any atom is 0.251 e. The summed E-state index contributed by atoms with van der Waals surface area (Å²) in [5.74, 6) is 0.547. The van der Waals surface area contributed by atoms with Crippen molar-refractivity contribution in [3.05, 3.63) is 35.4 Å². The summed E-state index contributed by atoms with van der Waals surface area (Å²) in [6.07, 6.45) is 4.23. The van der Waals surface area contributed by atoms with Crippen molar-refractivity contribution in [2.45, 2.75) is 51.2 Å². The Labute approximate surface area is 156 Å². The molecule has 0 bridgehead atoms. The molecule has 1 heterocycles. The van der Waals surface area contributed by atoms with Gasteiger partial charge in [-0.15, -0.1) is 0 Å². The number of hydrogen-bond donors (Lipinski definition) is 1. The summed E-state index contributed by atoms with van der Waals surface area (Å²) in [6.45, 7) is 8.15. The highest BCUT2D eigenvalue weighted by molar-refractivity contribution is 5.94. The van der Waals surface area contributed by atoms with E-state index in [2.05, 4.69) is 30.1 Å². The molecule has 3 rings (SSSR count). The third-order valence-electron chi connectivity index (χ3n) is 5.47. The summed E-state index contributed by atoms with van der Waals surface area (Å²) in [5, 5.41) is 12.1. The average molecular weight is 355 g/mol. The molecule has 2 fully saturated rings. The molecule has 5 heteroatoms. The van der Waals surface area contributed by atoms with E-state index in [1.807, 2.05) is 0 Å². The largest absolute Gasteiger partial charge is 0.370 e. The molecule has 1 spiro atoms. The first-order chi connectivity index (χ1) is 12.5. The zero-order valence-electron chi connectivity index (χ0n) is 15.8. The van der Waals surface area contributed by atoms with Crippen molar-refractivity contribution in [2.24, 2.45) is 5.92 Å². The second-order valence-corrected chi connectivity index (χ2v) is 8.00. The number of amides is 1. The van der Waals surface area contributed by atoms with E-state index in [9.17, 15) is 4.79 Å². The second kappa shape index (κ2) is 8.20. The molecule has 5 nitrogen and oxygen atoms in total. The van der Waals surface area contributed by atoms with Crippen LogP contribution in [0.2, 0.25) is 0 Å². The minimum absolute atomic E-state index is 0.0364. The first-order valence-corrected chi connectivity index (χ1v) is 9.70. The van der Waals surface area contributed by atoms with Crippen molar-refractivity contribution in [1.82, 2.24) is 10.2 Å². The average Bonchev–Trinajstić information content (AvgIpc) is 2.63. The van der Waals surface area contributed by atoms with Crippen LogP contribution in [0.25, 0.3) is 0 Å². The highest BCUT2D eigenvalue weighted by Crippen LogP contribution is 2.35. The highest BCUT2D eigenvalue weighted by atomic mass is 16.5. The first kappa shape index (κ1) is 18.9. The number of carbonyl (C=O) groups excluding carboxylic acids is 1. The molecule has 0 radical (unpaired) electrons. The molecule has 0 aromatic heterocycles. The lowest BCUT2D eigenvalue weighted by atomic mass is 9.78. The van der Waals surface area contributed by atoms with Crippen molar-refractivity contribution in [3.63, 3.8) is 0 Å². The van der Waals surface area contributed by atoms with Gasteiger partial charge in [0.25, 0.3) is 5.91 Å². The Morgan fingerprint density at radius 2 is 2.15 bits per heavy atom. The Kier molecular flexibility index (Phi) is 5.95. The molecular weight excluding hydrogens is 326 g/mol. The zero-order chi connectivity index (χ0) is 18.6. The molecule has 1 saturated heterocycles.